The molecule has 0 aromatic heterocycles. The quantitative estimate of drug-likeness (QED) is 0.752. The van der Waals surface area contributed by atoms with Crippen LogP contribution in [0, 0.1) is 5.92 Å². The molecule has 9 heteroatoms. The van der Waals surface area contributed by atoms with Crippen LogP contribution in [0.5, 0.6) is 11.5 Å². The van der Waals surface area contributed by atoms with Crippen molar-refractivity contribution in [3.63, 3.8) is 0 Å². The predicted octanol–water partition coefficient (Wildman–Crippen LogP) is 2.15. The van der Waals surface area contributed by atoms with Gasteiger partial charge in [-0.2, -0.15) is 0 Å². The highest BCUT2D eigenvalue weighted by molar-refractivity contribution is 7.88. The van der Waals surface area contributed by atoms with E-state index in [1.165, 1.54) is 17.7 Å². The van der Waals surface area contributed by atoms with Gasteiger partial charge in [-0.3, -0.25) is 4.79 Å². The first-order valence-corrected chi connectivity index (χ1v) is 10.7. The van der Waals surface area contributed by atoms with E-state index in [4.69, 9.17) is 21.1 Å². The normalized spacial score (nSPS) is 16.3. The Morgan fingerprint density at radius 3 is 2.54 bits per heavy atom. The number of hydrogen-bond donors (Lipinski definition) is 1. The van der Waals surface area contributed by atoms with Crippen LogP contribution in [0.3, 0.4) is 0 Å². The SMILES string of the molecule is CCOc1c(Cl)cc(C(=O)NCC2CCN(S(C)(=O)=O)CC2)cc1OC. The third-order valence-corrected chi connectivity index (χ3v) is 5.96. The van der Waals surface area contributed by atoms with E-state index in [0.29, 0.717) is 48.3 Å². The van der Waals surface area contributed by atoms with Crippen LogP contribution in [0.1, 0.15) is 30.1 Å². The summed E-state index contributed by atoms with van der Waals surface area (Å²) in [5.41, 5.74) is 0.392. The van der Waals surface area contributed by atoms with Gasteiger partial charge >= 0.3 is 0 Å². The minimum absolute atomic E-state index is 0.247. The molecule has 0 spiro atoms. The second-order valence-electron chi connectivity index (χ2n) is 6.24. The van der Waals surface area contributed by atoms with E-state index in [-0.39, 0.29) is 11.8 Å². The average Bonchev–Trinajstić information content (AvgIpc) is 2.60. The molecule has 1 aromatic carbocycles. The van der Waals surface area contributed by atoms with Crippen molar-refractivity contribution in [3.8, 4) is 11.5 Å². The highest BCUT2D eigenvalue weighted by Gasteiger charge is 2.25. The zero-order chi connectivity index (χ0) is 19.3. The van der Waals surface area contributed by atoms with Gasteiger partial charge in [0.1, 0.15) is 0 Å². The van der Waals surface area contributed by atoms with Crippen molar-refractivity contribution in [3.05, 3.63) is 22.7 Å². The van der Waals surface area contributed by atoms with Gasteiger partial charge in [0.2, 0.25) is 10.0 Å². The molecule has 2 rings (SSSR count). The Morgan fingerprint density at radius 1 is 1.35 bits per heavy atom. The number of halogens is 1. The number of benzene rings is 1. The molecule has 0 radical (unpaired) electrons. The molecule has 7 nitrogen and oxygen atoms in total. The zero-order valence-corrected chi connectivity index (χ0v) is 16.8. The molecule has 26 heavy (non-hydrogen) atoms. The average molecular weight is 405 g/mol. The third-order valence-electron chi connectivity index (χ3n) is 4.37. The number of rotatable bonds is 7. The summed E-state index contributed by atoms with van der Waals surface area (Å²) in [7, 11) is -1.65. The fourth-order valence-corrected chi connectivity index (χ4v) is 4.06. The molecule has 1 saturated heterocycles. The van der Waals surface area contributed by atoms with Crippen molar-refractivity contribution in [2.75, 3.05) is 39.6 Å². The number of nitrogens with zero attached hydrogens (tertiary/aromatic N) is 1. The monoisotopic (exact) mass is 404 g/mol. The van der Waals surface area contributed by atoms with E-state index in [2.05, 4.69) is 5.32 Å². The number of nitrogens with one attached hydrogen (secondary N) is 1. The smallest absolute Gasteiger partial charge is 0.251 e. The third kappa shape index (κ3) is 5.25. The van der Waals surface area contributed by atoms with E-state index in [9.17, 15) is 13.2 Å². The summed E-state index contributed by atoms with van der Waals surface area (Å²) in [5.74, 6) is 0.822. The van der Waals surface area contributed by atoms with Crippen LogP contribution >= 0.6 is 11.6 Å². The molecule has 146 valence electrons. The number of methoxy groups -OCH3 is 1. The summed E-state index contributed by atoms with van der Waals surface area (Å²) in [4.78, 5) is 12.4. The second-order valence-corrected chi connectivity index (χ2v) is 8.63. The number of carbonyl (C=O) groups excluding carboxylic acids is 1. The van der Waals surface area contributed by atoms with E-state index in [0.717, 1.165) is 12.8 Å². The van der Waals surface area contributed by atoms with E-state index in [1.807, 2.05) is 6.92 Å². The first-order chi connectivity index (χ1) is 12.3. The van der Waals surface area contributed by atoms with Gasteiger partial charge in [0.05, 0.1) is 25.0 Å². The first kappa shape index (κ1) is 20.8. The molecule has 0 atom stereocenters. The molecule has 1 heterocycles. The van der Waals surface area contributed by atoms with Crippen LogP contribution in [0.15, 0.2) is 12.1 Å². The van der Waals surface area contributed by atoms with Gasteiger partial charge in [-0.1, -0.05) is 11.6 Å². The lowest BCUT2D eigenvalue weighted by molar-refractivity contribution is 0.0941. The Hall–Kier alpha value is -1.51. The molecule has 0 unspecified atom stereocenters. The Labute approximate surface area is 159 Å². The van der Waals surface area contributed by atoms with Gasteiger partial charge in [0.25, 0.3) is 5.91 Å². The summed E-state index contributed by atoms with van der Waals surface area (Å²) < 4.78 is 35.2. The second kappa shape index (κ2) is 8.92. The maximum atomic E-state index is 12.4. The lowest BCUT2D eigenvalue weighted by Gasteiger charge is -2.30. The zero-order valence-electron chi connectivity index (χ0n) is 15.2. The molecule has 1 amide bonds. The van der Waals surface area contributed by atoms with Crippen LogP contribution in [-0.4, -0.2) is 58.2 Å². The van der Waals surface area contributed by atoms with Gasteiger partial charge in [-0.15, -0.1) is 0 Å². The summed E-state index contributed by atoms with van der Waals surface area (Å²) >= 11 is 6.20. The van der Waals surface area contributed by atoms with Gasteiger partial charge < -0.3 is 14.8 Å². The summed E-state index contributed by atoms with van der Waals surface area (Å²) in [6.07, 6.45) is 2.67. The van der Waals surface area contributed by atoms with E-state index >= 15 is 0 Å². The van der Waals surface area contributed by atoms with E-state index in [1.54, 1.807) is 12.1 Å². The molecule has 1 N–H and O–H groups in total. The van der Waals surface area contributed by atoms with Crippen LogP contribution in [0.2, 0.25) is 5.02 Å². The number of carbonyl (C=O) groups is 1. The van der Waals surface area contributed by atoms with Crippen molar-refractivity contribution in [1.29, 1.82) is 0 Å². The number of hydrogen-bond acceptors (Lipinski definition) is 5. The first-order valence-electron chi connectivity index (χ1n) is 8.49. The molecule has 1 fully saturated rings. The fourth-order valence-electron chi connectivity index (χ4n) is 2.92. The van der Waals surface area contributed by atoms with Crippen molar-refractivity contribution < 1.29 is 22.7 Å². The van der Waals surface area contributed by atoms with Crippen molar-refractivity contribution in [2.45, 2.75) is 19.8 Å². The van der Waals surface area contributed by atoms with Crippen LogP contribution < -0.4 is 14.8 Å². The minimum atomic E-state index is -3.14. The number of piperidine rings is 1. The maximum absolute atomic E-state index is 12.4. The Balaban J connectivity index is 1.95. The molecule has 1 aromatic rings. The molecule has 1 aliphatic rings. The van der Waals surface area contributed by atoms with Gasteiger partial charge in [-0.25, -0.2) is 12.7 Å². The Bertz CT molecular complexity index is 746. The Kier molecular flexibility index (Phi) is 7.14. The highest BCUT2D eigenvalue weighted by atomic mass is 35.5. The highest BCUT2D eigenvalue weighted by Crippen LogP contribution is 2.36. The summed E-state index contributed by atoms with van der Waals surface area (Å²) in [5, 5.41) is 3.21. The van der Waals surface area contributed by atoms with E-state index < -0.39 is 10.0 Å². The largest absolute Gasteiger partial charge is 0.493 e. The van der Waals surface area contributed by atoms with Crippen LogP contribution in [0.4, 0.5) is 0 Å². The minimum Gasteiger partial charge on any atom is -0.493 e. The number of ether oxygens (including phenoxy) is 2. The van der Waals surface area contributed by atoms with Gasteiger partial charge in [0, 0.05) is 25.2 Å². The summed E-state index contributed by atoms with van der Waals surface area (Å²) in [6.45, 7) is 3.74. The molecule has 1 aliphatic heterocycles. The lowest BCUT2D eigenvalue weighted by atomic mass is 9.98. The van der Waals surface area contributed by atoms with Crippen molar-refractivity contribution in [1.82, 2.24) is 9.62 Å². The number of sulfonamides is 1. The number of amides is 1. The van der Waals surface area contributed by atoms with Gasteiger partial charge in [0.15, 0.2) is 11.5 Å². The van der Waals surface area contributed by atoms with Crippen molar-refractivity contribution >= 4 is 27.5 Å². The topological polar surface area (TPSA) is 84.9 Å². The maximum Gasteiger partial charge on any atom is 0.251 e. The molecular formula is C17H25ClN2O5S. The molecular weight excluding hydrogens is 380 g/mol. The molecule has 0 saturated carbocycles. The van der Waals surface area contributed by atoms with Crippen LogP contribution in [0.25, 0.3) is 0 Å². The molecule has 0 bridgehead atoms. The molecule has 0 aliphatic carbocycles. The van der Waals surface area contributed by atoms with Crippen LogP contribution in [-0.2, 0) is 10.0 Å². The predicted molar refractivity (Wildman–Crippen MR) is 101 cm³/mol. The lowest BCUT2D eigenvalue weighted by Crippen LogP contribution is -2.41. The van der Waals surface area contributed by atoms with Crippen molar-refractivity contribution in [2.24, 2.45) is 5.92 Å². The van der Waals surface area contributed by atoms with Gasteiger partial charge in [-0.05, 0) is 37.8 Å². The standard InChI is InChI=1S/C17H25ClN2O5S/c1-4-25-16-14(18)9-13(10-15(16)24-2)17(21)19-11-12-5-7-20(8-6-12)26(3,22)23/h9-10,12H,4-8,11H2,1-3H3,(H,19,21). The fraction of sp³-hybridized carbons (Fsp3) is 0.588. The Morgan fingerprint density at radius 2 is 2.00 bits per heavy atom. The summed E-state index contributed by atoms with van der Waals surface area (Å²) in [6, 6.07) is 3.15.